The Balaban J connectivity index is 4.04. The van der Waals surface area contributed by atoms with Gasteiger partial charge in [0.15, 0.2) is 0 Å². The molecule has 5 heteroatoms. The molecule has 0 aromatic carbocycles. The van der Waals surface area contributed by atoms with E-state index < -0.39 is 0 Å². The van der Waals surface area contributed by atoms with Gasteiger partial charge in [0.25, 0.3) is 0 Å². The quantitative estimate of drug-likeness (QED) is 0.584. The SMILES string of the molecule is CCCNC(CSC(C)CCO)C(=O)OCC. The number of hydrogen-bond donors (Lipinski definition) is 2. The van der Waals surface area contributed by atoms with Crippen LogP contribution in [0.5, 0.6) is 0 Å². The number of rotatable bonds is 10. The minimum Gasteiger partial charge on any atom is -0.465 e. The van der Waals surface area contributed by atoms with Crippen molar-refractivity contribution in [2.24, 2.45) is 0 Å². The van der Waals surface area contributed by atoms with Crippen molar-refractivity contribution < 1.29 is 14.6 Å². The van der Waals surface area contributed by atoms with Crippen LogP contribution in [0.3, 0.4) is 0 Å². The van der Waals surface area contributed by atoms with Crippen LogP contribution in [0.25, 0.3) is 0 Å². The van der Waals surface area contributed by atoms with Crippen LogP contribution in [-0.2, 0) is 9.53 Å². The van der Waals surface area contributed by atoms with Crippen LogP contribution in [0, 0.1) is 0 Å². The highest BCUT2D eigenvalue weighted by Crippen LogP contribution is 2.15. The number of nitrogens with one attached hydrogen (secondary N) is 1. The Hall–Kier alpha value is -0.260. The van der Waals surface area contributed by atoms with E-state index in [4.69, 9.17) is 9.84 Å². The first kappa shape index (κ1) is 16.7. The summed E-state index contributed by atoms with van der Waals surface area (Å²) in [6.07, 6.45) is 1.75. The molecule has 0 aromatic heterocycles. The van der Waals surface area contributed by atoms with E-state index in [1.807, 2.05) is 6.92 Å². The Morgan fingerprint density at radius 2 is 2.18 bits per heavy atom. The van der Waals surface area contributed by atoms with Gasteiger partial charge in [0.05, 0.1) is 6.61 Å². The molecule has 0 aromatic rings. The van der Waals surface area contributed by atoms with Gasteiger partial charge < -0.3 is 15.2 Å². The largest absolute Gasteiger partial charge is 0.465 e. The van der Waals surface area contributed by atoms with Gasteiger partial charge in [-0.05, 0) is 26.3 Å². The molecule has 2 N–H and O–H groups in total. The number of ether oxygens (including phenoxy) is 1. The topological polar surface area (TPSA) is 58.6 Å². The van der Waals surface area contributed by atoms with E-state index in [0.717, 1.165) is 19.4 Å². The summed E-state index contributed by atoms with van der Waals surface area (Å²) in [4.78, 5) is 11.7. The molecule has 0 rings (SSSR count). The molecule has 0 bridgehead atoms. The van der Waals surface area contributed by atoms with Gasteiger partial charge in [0.1, 0.15) is 6.04 Å². The highest BCUT2D eigenvalue weighted by Gasteiger charge is 2.19. The second-order valence-corrected chi connectivity index (χ2v) is 5.39. The average Bonchev–Trinajstić information content (AvgIpc) is 2.29. The van der Waals surface area contributed by atoms with Gasteiger partial charge in [-0.1, -0.05) is 13.8 Å². The molecule has 0 fully saturated rings. The molecule has 17 heavy (non-hydrogen) atoms. The Bertz CT molecular complexity index is 202. The van der Waals surface area contributed by atoms with Crippen molar-refractivity contribution in [1.29, 1.82) is 0 Å². The van der Waals surface area contributed by atoms with Crippen LogP contribution in [0.1, 0.15) is 33.6 Å². The molecular formula is C12H25NO3S. The van der Waals surface area contributed by atoms with Crippen molar-refractivity contribution in [2.75, 3.05) is 25.5 Å². The molecule has 0 aliphatic carbocycles. The first-order chi connectivity index (χ1) is 8.15. The van der Waals surface area contributed by atoms with Crippen LogP contribution < -0.4 is 5.32 Å². The lowest BCUT2D eigenvalue weighted by Gasteiger charge is -2.18. The van der Waals surface area contributed by atoms with E-state index in [1.165, 1.54) is 0 Å². The first-order valence-corrected chi connectivity index (χ1v) is 7.33. The Morgan fingerprint density at radius 3 is 2.71 bits per heavy atom. The van der Waals surface area contributed by atoms with Gasteiger partial charge in [0, 0.05) is 17.6 Å². The molecular weight excluding hydrogens is 238 g/mol. The number of carbonyl (C=O) groups excluding carboxylic acids is 1. The van der Waals surface area contributed by atoms with Crippen molar-refractivity contribution in [3.05, 3.63) is 0 Å². The summed E-state index contributed by atoms with van der Waals surface area (Å²) in [5.41, 5.74) is 0. The van der Waals surface area contributed by atoms with Crippen molar-refractivity contribution >= 4 is 17.7 Å². The number of hydrogen-bond acceptors (Lipinski definition) is 5. The monoisotopic (exact) mass is 263 g/mol. The number of esters is 1. The molecule has 4 nitrogen and oxygen atoms in total. The third kappa shape index (κ3) is 8.46. The number of thioether (sulfide) groups is 1. The van der Waals surface area contributed by atoms with Crippen molar-refractivity contribution in [2.45, 2.75) is 44.9 Å². The van der Waals surface area contributed by atoms with Crippen molar-refractivity contribution in [1.82, 2.24) is 5.32 Å². The van der Waals surface area contributed by atoms with Gasteiger partial charge in [-0.3, -0.25) is 4.79 Å². The first-order valence-electron chi connectivity index (χ1n) is 6.28. The van der Waals surface area contributed by atoms with E-state index in [1.54, 1.807) is 11.8 Å². The highest BCUT2D eigenvalue weighted by molar-refractivity contribution is 7.99. The number of aliphatic hydroxyl groups excluding tert-OH is 1. The third-order valence-electron chi connectivity index (χ3n) is 2.29. The second kappa shape index (κ2) is 10.9. The van der Waals surface area contributed by atoms with Gasteiger partial charge in [0.2, 0.25) is 0 Å². The predicted molar refractivity (Wildman–Crippen MR) is 72.3 cm³/mol. The van der Waals surface area contributed by atoms with Gasteiger partial charge in [-0.25, -0.2) is 0 Å². The summed E-state index contributed by atoms with van der Waals surface area (Å²) in [7, 11) is 0. The molecule has 102 valence electrons. The van der Waals surface area contributed by atoms with Gasteiger partial charge >= 0.3 is 5.97 Å². The molecule has 2 atom stereocenters. The van der Waals surface area contributed by atoms with E-state index in [-0.39, 0.29) is 18.6 Å². The Morgan fingerprint density at radius 1 is 1.47 bits per heavy atom. The molecule has 0 heterocycles. The van der Waals surface area contributed by atoms with Gasteiger partial charge in [-0.2, -0.15) is 11.8 Å². The van der Waals surface area contributed by atoms with Crippen LogP contribution in [0.2, 0.25) is 0 Å². The van der Waals surface area contributed by atoms with Crippen molar-refractivity contribution in [3.8, 4) is 0 Å². The molecule has 0 saturated carbocycles. The van der Waals surface area contributed by atoms with Crippen LogP contribution in [0.4, 0.5) is 0 Å². The smallest absolute Gasteiger partial charge is 0.323 e. The molecule has 0 spiro atoms. The predicted octanol–water partition coefficient (Wildman–Crippen LogP) is 1.42. The summed E-state index contributed by atoms with van der Waals surface area (Å²) in [5, 5.41) is 12.4. The van der Waals surface area contributed by atoms with E-state index in [0.29, 0.717) is 17.6 Å². The van der Waals surface area contributed by atoms with Crippen LogP contribution in [-0.4, -0.2) is 47.9 Å². The fourth-order valence-electron chi connectivity index (χ4n) is 1.30. The number of carbonyl (C=O) groups is 1. The standard InChI is InChI=1S/C12H25NO3S/c1-4-7-13-11(12(15)16-5-2)9-17-10(3)6-8-14/h10-11,13-14H,4-9H2,1-3H3. The molecule has 2 unspecified atom stereocenters. The zero-order valence-corrected chi connectivity index (χ0v) is 11.9. The zero-order chi connectivity index (χ0) is 13.1. The maximum atomic E-state index is 11.7. The maximum absolute atomic E-state index is 11.7. The van der Waals surface area contributed by atoms with E-state index in [2.05, 4.69) is 19.2 Å². The Kier molecular flexibility index (Phi) is 10.7. The summed E-state index contributed by atoms with van der Waals surface area (Å²) in [5.74, 6) is 0.518. The molecule has 0 aliphatic heterocycles. The fourth-order valence-corrected chi connectivity index (χ4v) is 2.34. The molecule has 0 amide bonds. The van der Waals surface area contributed by atoms with Gasteiger partial charge in [-0.15, -0.1) is 0 Å². The lowest BCUT2D eigenvalue weighted by molar-refractivity contribution is -0.144. The summed E-state index contributed by atoms with van der Waals surface area (Å²) in [6, 6.07) is -0.235. The molecule has 0 aliphatic rings. The minimum atomic E-state index is -0.235. The van der Waals surface area contributed by atoms with E-state index in [9.17, 15) is 4.79 Å². The van der Waals surface area contributed by atoms with Crippen LogP contribution in [0.15, 0.2) is 0 Å². The highest BCUT2D eigenvalue weighted by atomic mass is 32.2. The summed E-state index contributed by atoms with van der Waals surface area (Å²) >= 11 is 1.69. The maximum Gasteiger partial charge on any atom is 0.323 e. The average molecular weight is 263 g/mol. The normalized spacial score (nSPS) is 14.4. The van der Waals surface area contributed by atoms with Crippen LogP contribution >= 0.6 is 11.8 Å². The van der Waals surface area contributed by atoms with Crippen molar-refractivity contribution in [3.63, 3.8) is 0 Å². The zero-order valence-electron chi connectivity index (χ0n) is 11.1. The minimum absolute atomic E-state index is 0.176. The molecule has 0 saturated heterocycles. The second-order valence-electron chi connectivity index (χ2n) is 3.91. The Labute approximate surface area is 108 Å². The lowest BCUT2D eigenvalue weighted by Crippen LogP contribution is -2.41. The lowest BCUT2D eigenvalue weighted by atomic mass is 10.3. The third-order valence-corrected chi connectivity index (χ3v) is 3.63. The fraction of sp³-hybridized carbons (Fsp3) is 0.917. The summed E-state index contributed by atoms with van der Waals surface area (Å²) in [6.45, 7) is 7.37. The number of aliphatic hydroxyl groups is 1. The molecule has 0 radical (unpaired) electrons. The summed E-state index contributed by atoms with van der Waals surface area (Å²) < 4.78 is 5.03. The van der Waals surface area contributed by atoms with E-state index >= 15 is 0 Å².